The number of rotatable bonds is 3. The van der Waals surface area contributed by atoms with Crippen LogP contribution in [0.1, 0.15) is 0 Å². The zero-order valence-corrected chi connectivity index (χ0v) is 18.0. The van der Waals surface area contributed by atoms with Gasteiger partial charge in [-0.2, -0.15) is 0 Å². The van der Waals surface area contributed by atoms with Crippen LogP contribution in [0.3, 0.4) is 0 Å². The van der Waals surface area contributed by atoms with Gasteiger partial charge in [0.15, 0.2) is 34.9 Å². The van der Waals surface area contributed by atoms with Crippen LogP contribution in [0.4, 0.5) is 26.3 Å². The molecule has 0 fully saturated rings. The van der Waals surface area contributed by atoms with Crippen molar-refractivity contribution in [2.75, 3.05) is 0 Å². The molecule has 3 aromatic carbocycles. The molecule has 10 heteroatoms. The summed E-state index contributed by atoms with van der Waals surface area (Å²) in [5.41, 5.74) is 0. The maximum absolute atomic E-state index is 13.8. The molecule has 1 nitrogen and oxygen atoms in total. The van der Waals surface area contributed by atoms with E-state index in [1.165, 1.54) is 0 Å². The van der Waals surface area contributed by atoms with Crippen molar-refractivity contribution in [1.82, 2.24) is 0 Å². The molecule has 0 heterocycles. The second kappa shape index (κ2) is 9.44. The molecule has 0 bridgehead atoms. The number of hydrogen-bond acceptors (Lipinski definition) is 1. The maximum atomic E-state index is 13.8. The zero-order valence-electron chi connectivity index (χ0n) is 14.0. The summed E-state index contributed by atoms with van der Waals surface area (Å²) in [6.07, 6.45) is 0. The minimum Gasteiger partial charge on any atom is -1.00 e. The summed E-state index contributed by atoms with van der Waals surface area (Å²) in [7, 11) is -4.51. The minimum absolute atomic E-state index is 0. The molecule has 0 amide bonds. The molecule has 0 aliphatic rings. The normalized spacial score (nSPS) is 10.8. The second-order valence-electron chi connectivity index (χ2n) is 5.57. The van der Waals surface area contributed by atoms with E-state index in [-0.39, 0.29) is 55.6 Å². The first-order valence-corrected chi connectivity index (χ1v) is 9.21. The molecule has 142 valence electrons. The van der Waals surface area contributed by atoms with Crippen LogP contribution in [0.15, 0.2) is 54.6 Å². The largest absolute Gasteiger partial charge is 2.00 e. The van der Waals surface area contributed by atoms with Gasteiger partial charge < -0.3 is 21.8 Å². The van der Waals surface area contributed by atoms with Crippen LogP contribution in [0.2, 0.25) is 0 Å². The molecule has 0 aliphatic heterocycles. The minimum atomic E-state index is -4.51. The Morgan fingerprint density at radius 3 is 0.964 bits per heavy atom. The monoisotopic (exact) mass is 486 g/mol. The third-order valence-electron chi connectivity index (χ3n) is 3.98. The van der Waals surface area contributed by atoms with Gasteiger partial charge in [0.05, 0.1) is 8.32 Å². The Hall–Kier alpha value is -1.34. The molecular weight excluding hydrogens is 478 g/mol. The van der Waals surface area contributed by atoms with E-state index in [0.717, 1.165) is 18.2 Å². The van der Waals surface area contributed by atoms with Gasteiger partial charge in [0.1, 0.15) is 0 Å². The van der Waals surface area contributed by atoms with Gasteiger partial charge in [0.25, 0.3) is 0 Å². The van der Waals surface area contributed by atoms with Crippen LogP contribution in [-0.2, 0) is 0 Å². The SMILES string of the molecule is [Br-].[Mg+2].[O-][Si](c1ccc(F)c(F)c1)(c1ccc(F)c(F)c1)c1ccc(F)c(F)c1. The van der Waals surface area contributed by atoms with Gasteiger partial charge in [-0.05, 0) is 36.4 Å². The zero-order chi connectivity index (χ0) is 19.1. The van der Waals surface area contributed by atoms with Crippen molar-refractivity contribution in [3.05, 3.63) is 89.5 Å². The number of halogens is 7. The van der Waals surface area contributed by atoms with E-state index in [0.29, 0.717) is 36.4 Å². The number of benzene rings is 3. The van der Waals surface area contributed by atoms with E-state index in [1.54, 1.807) is 0 Å². The van der Waals surface area contributed by atoms with E-state index in [2.05, 4.69) is 0 Å². The fourth-order valence-corrected chi connectivity index (χ4v) is 5.59. The van der Waals surface area contributed by atoms with E-state index in [9.17, 15) is 31.1 Å². The molecule has 3 aromatic rings. The van der Waals surface area contributed by atoms with E-state index in [1.807, 2.05) is 0 Å². The first kappa shape index (κ1) is 24.7. The van der Waals surface area contributed by atoms with Gasteiger partial charge >= 0.3 is 23.1 Å². The van der Waals surface area contributed by atoms with Gasteiger partial charge in [0, 0.05) is 0 Å². The van der Waals surface area contributed by atoms with Crippen LogP contribution in [-0.4, -0.2) is 31.4 Å². The van der Waals surface area contributed by atoms with Gasteiger partial charge in [-0.1, -0.05) is 33.8 Å². The molecule has 28 heavy (non-hydrogen) atoms. The number of hydrogen-bond donors (Lipinski definition) is 0. The molecule has 0 aromatic heterocycles. The predicted molar refractivity (Wildman–Crippen MR) is 89.5 cm³/mol. The summed E-state index contributed by atoms with van der Waals surface area (Å²) < 4.78 is 80.7. The Morgan fingerprint density at radius 2 is 0.750 bits per heavy atom. The summed E-state index contributed by atoms with van der Waals surface area (Å²) in [5, 5.41) is -0.768. The van der Waals surface area contributed by atoms with Crippen molar-refractivity contribution >= 4 is 46.9 Å². The molecule has 0 radical (unpaired) electrons. The first-order chi connectivity index (χ1) is 12.2. The Bertz CT molecular complexity index is 879. The van der Waals surface area contributed by atoms with Crippen molar-refractivity contribution in [2.24, 2.45) is 0 Å². The molecule has 0 N–H and O–H groups in total. The summed E-state index contributed by atoms with van der Waals surface area (Å²) in [4.78, 5) is 13.8. The van der Waals surface area contributed by atoms with Crippen LogP contribution in [0.5, 0.6) is 0 Å². The topological polar surface area (TPSA) is 23.1 Å². The fourth-order valence-electron chi connectivity index (χ4n) is 2.65. The van der Waals surface area contributed by atoms with Gasteiger partial charge in [0.2, 0.25) is 0 Å². The van der Waals surface area contributed by atoms with Crippen LogP contribution in [0.25, 0.3) is 0 Å². The van der Waals surface area contributed by atoms with Crippen molar-refractivity contribution in [3.63, 3.8) is 0 Å². The quantitative estimate of drug-likeness (QED) is 0.250. The standard InChI is InChI=1S/C18H9F6OSi.BrH.Mg/c19-13-4-1-10(7-16(13)22)26(25,11-2-5-14(20)17(23)8-11)12-3-6-15(21)18(24)9-12;;/h1-9H;1H;/q-1;;+2/p-1. The average Bonchev–Trinajstić information content (AvgIpc) is 2.61. The Kier molecular flexibility index (Phi) is 8.33. The van der Waals surface area contributed by atoms with Crippen LogP contribution in [0, 0.1) is 34.9 Å². The summed E-state index contributed by atoms with van der Waals surface area (Å²) >= 11 is 0. The maximum Gasteiger partial charge on any atom is 2.00 e. The third kappa shape index (κ3) is 4.46. The molecule has 0 spiro atoms. The van der Waals surface area contributed by atoms with E-state index < -0.39 is 43.2 Å². The third-order valence-corrected chi connectivity index (χ3v) is 7.35. The van der Waals surface area contributed by atoms with Crippen LogP contribution >= 0.6 is 0 Å². The molecule has 0 saturated carbocycles. The molecule has 0 atom stereocenters. The summed E-state index contributed by atoms with van der Waals surface area (Å²) in [6, 6.07) is 7.05. The van der Waals surface area contributed by atoms with Gasteiger partial charge in [-0.25, -0.2) is 26.3 Å². The van der Waals surface area contributed by atoms with E-state index >= 15 is 0 Å². The summed E-state index contributed by atoms with van der Waals surface area (Å²) in [6.45, 7) is 0. The van der Waals surface area contributed by atoms with Crippen molar-refractivity contribution in [1.29, 1.82) is 0 Å². The second-order valence-corrected chi connectivity index (χ2v) is 8.66. The Labute approximate surface area is 184 Å². The smallest absolute Gasteiger partial charge is 1.00 e. The molecule has 0 saturated heterocycles. The van der Waals surface area contributed by atoms with Gasteiger partial charge in [-0.3, -0.25) is 0 Å². The van der Waals surface area contributed by atoms with Crippen molar-refractivity contribution in [2.45, 2.75) is 0 Å². The average molecular weight is 488 g/mol. The van der Waals surface area contributed by atoms with Gasteiger partial charge in [-0.15, -0.1) is 0 Å². The Morgan fingerprint density at radius 1 is 0.500 bits per heavy atom. The first-order valence-electron chi connectivity index (χ1n) is 7.30. The molecule has 3 rings (SSSR count). The Balaban J connectivity index is 0.00000196. The molecular formula is C18H9BrF6MgOSi. The van der Waals surface area contributed by atoms with Crippen molar-refractivity contribution < 1.29 is 48.1 Å². The fraction of sp³-hybridized carbons (Fsp3) is 0. The predicted octanol–water partition coefficient (Wildman–Crippen LogP) is -1.53. The molecule has 0 aliphatic carbocycles. The van der Waals surface area contributed by atoms with Crippen molar-refractivity contribution in [3.8, 4) is 0 Å². The molecule has 0 unspecified atom stereocenters. The van der Waals surface area contributed by atoms with E-state index in [4.69, 9.17) is 0 Å². The summed E-state index contributed by atoms with van der Waals surface area (Å²) in [5.74, 6) is -7.58. The van der Waals surface area contributed by atoms with Crippen LogP contribution < -0.4 is 37.3 Å².